The summed E-state index contributed by atoms with van der Waals surface area (Å²) < 4.78 is 5.90. The molecule has 3 heteroatoms. The molecule has 0 fully saturated rings. The number of anilines is 1. The zero-order valence-corrected chi connectivity index (χ0v) is 14.5. The molecule has 3 nitrogen and oxygen atoms in total. The highest BCUT2D eigenvalue weighted by Crippen LogP contribution is 2.27. The third-order valence-corrected chi connectivity index (χ3v) is 4.08. The van der Waals surface area contributed by atoms with E-state index in [0.717, 1.165) is 28.1 Å². The summed E-state index contributed by atoms with van der Waals surface area (Å²) in [5.74, 6) is 0.976. The third-order valence-electron chi connectivity index (χ3n) is 4.08. The fraction of sp³-hybridized carbons (Fsp3) is 0.350. The number of hydrogen-bond donors (Lipinski definition) is 1. The van der Waals surface area contributed by atoms with Gasteiger partial charge in [0.2, 0.25) is 0 Å². The fourth-order valence-corrected chi connectivity index (χ4v) is 2.43. The lowest BCUT2D eigenvalue weighted by Crippen LogP contribution is -2.30. The van der Waals surface area contributed by atoms with Gasteiger partial charge in [-0.15, -0.1) is 0 Å². The van der Waals surface area contributed by atoms with Crippen LogP contribution in [0.3, 0.4) is 0 Å². The van der Waals surface area contributed by atoms with Gasteiger partial charge in [-0.05, 0) is 55.5 Å². The van der Waals surface area contributed by atoms with Crippen LogP contribution in [0, 0.1) is 13.8 Å². The van der Waals surface area contributed by atoms with Gasteiger partial charge in [0, 0.05) is 5.69 Å². The van der Waals surface area contributed by atoms with E-state index in [9.17, 15) is 4.79 Å². The van der Waals surface area contributed by atoms with Crippen LogP contribution in [0.4, 0.5) is 5.69 Å². The number of benzene rings is 2. The van der Waals surface area contributed by atoms with Crippen molar-refractivity contribution in [2.24, 2.45) is 0 Å². The largest absolute Gasteiger partial charge is 0.481 e. The van der Waals surface area contributed by atoms with Crippen molar-refractivity contribution in [3.63, 3.8) is 0 Å². The Hall–Kier alpha value is -2.29. The quantitative estimate of drug-likeness (QED) is 0.858. The Bertz CT molecular complexity index is 692. The van der Waals surface area contributed by atoms with E-state index in [1.54, 1.807) is 6.92 Å². The summed E-state index contributed by atoms with van der Waals surface area (Å²) in [5, 5.41) is 2.96. The molecule has 23 heavy (non-hydrogen) atoms. The average molecular weight is 311 g/mol. The Balaban J connectivity index is 2.10. The summed E-state index contributed by atoms with van der Waals surface area (Å²) in [6.07, 6.45) is -0.560. The molecule has 0 saturated carbocycles. The maximum Gasteiger partial charge on any atom is 0.265 e. The Morgan fingerprint density at radius 3 is 2.39 bits per heavy atom. The van der Waals surface area contributed by atoms with Gasteiger partial charge < -0.3 is 10.1 Å². The van der Waals surface area contributed by atoms with Crippen molar-refractivity contribution in [3.05, 3.63) is 59.2 Å². The highest BCUT2D eigenvalue weighted by molar-refractivity contribution is 5.94. The second-order valence-electron chi connectivity index (χ2n) is 6.19. The van der Waals surface area contributed by atoms with E-state index in [2.05, 4.69) is 19.2 Å². The van der Waals surface area contributed by atoms with Crippen molar-refractivity contribution in [3.8, 4) is 5.75 Å². The number of aryl methyl sites for hydroxylation is 1. The summed E-state index contributed by atoms with van der Waals surface area (Å²) in [6, 6.07) is 13.8. The highest BCUT2D eigenvalue weighted by atomic mass is 16.5. The van der Waals surface area contributed by atoms with Crippen LogP contribution in [-0.2, 0) is 4.79 Å². The molecule has 0 saturated heterocycles. The first-order valence-corrected chi connectivity index (χ1v) is 8.02. The first-order valence-electron chi connectivity index (χ1n) is 8.02. The van der Waals surface area contributed by atoms with E-state index in [1.807, 2.05) is 56.3 Å². The Morgan fingerprint density at radius 2 is 1.70 bits per heavy atom. The third kappa shape index (κ3) is 4.13. The molecule has 0 radical (unpaired) electrons. The fourth-order valence-electron chi connectivity index (χ4n) is 2.43. The molecular weight excluding hydrogens is 286 g/mol. The molecular formula is C20H25NO2. The topological polar surface area (TPSA) is 38.3 Å². The van der Waals surface area contributed by atoms with Gasteiger partial charge in [0.1, 0.15) is 5.75 Å². The number of hydrogen-bond acceptors (Lipinski definition) is 2. The first-order chi connectivity index (χ1) is 10.9. The van der Waals surface area contributed by atoms with Gasteiger partial charge in [-0.2, -0.15) is 0 Å². The van der Waals surface area contributed by atoms with Crippen LogP contribution in [0.15, 0.2) is 42.5 Å². The molecule has 2 aromatic rings. The zero-order chi connectivity index (χ0) is 17.0. The monoisotopic (exact) mass is 311 g/mol. The van der Waals surface area contributed by atoms with E-state index >= 15 is 0 Å². The number of amides is 1. The molecule has 2 rings (SSSR count). The lowest BCUT2D eigenvalue weighted by molar-refractivity contribution is -0.122. The molecule has 1 N–H and O–H groups in total. The standard InChI is InChI=1S/C20H25NO2/c1-13(2)17-10-6-7-12-19(17)23-16(5)20(22)21-18-11-8-9-14(3)15(18)4/h6-13,16H,1-5H3,(H,21,22)/t16-/m0/s1. The molecule has 1 atom stereocenters. The molecule has 1 amide bonds. The van der Waals surface area contributed by atoms with Crippen molar-refractivity contribution in [1.29, 1.82) is 0 Å². The maximum absolute atomic E-state index is 12.4. The van der Waals surface area contributed by atoms with Crippen molar-refractivity contribution < 1.29 is 9.53 Å². The van der Waals surface area contributed by atoms with Gasteiger partial charge in [-0.1, -0.05) is 44.2 Å². The van der Waals surface area contributed by atoms with Gasteiger partial charge in [0.05, 0.1) is 0 Å². The lowest BCUT2D eigenvalue weighted by Gasteiger charge is -2.19. The SMILES string of the molecule is Cc1cccc(NC(=O)[C@H](C)Oc2ccccc2C(C)C)c1C. The number of para-hydroxylation sites is 1. The zero-order valence-electron chi connectivity index (χ0n) is 14.5. The molecule has 0 aromatic heterocycles. The molecule has 0 unspecified atom stereocenters. The maximum atomic E-state index is 12.4. The number of ether oxygens (including phenoxy) is 1. The number of rotatable bonds is 5. The van der Waals surface area contributed by atoms with Crippen LogP contribution in [-0.4, -0.2) is 12.0 Å². The van der Waals surface area contributed by atoms with Crippen LogP contribution in [0.1, 0.15) is 43.4 Å². The first kappa shape index (κ1) is 17.1. The number of carbonyl (C=O) groups excluding carboxylic acids is 1. The molecule has 0 aliphatic heterocycles. The van der Waals surface area contributed by atoms with Gasteiger partial charge in [0.15, 0.2) is 6.10 Å². The van der Waals surface area contributed by atoms with Crippen LogP contribution >= 0.6 is 0 Å². The Kier molecular flexibility index (Phi) is 5.43. The predicted molar refractivity (Wildman–Crippen MR) is 95.2 cm³/mol. The number of nitrogens with one attached hydrogen (secondary N) is 1. The van der Waals surface area contributed by atoms with Crippen molar-refractivity contribution in [2.75, 3.05) is 5.32 Å². The summed E-state index contributed by atoms with van der Waals surface area (Å²) >= 11 is 0. The van der Waals surface area contributed by atoms with Crippen LogP contribution < -0.4 is 10.1 Å². The van der Waals surface area contributed by atoms with Crippen molar-refractivity contribution in [2.45, 2.75) is 46.6 Å². The van der Waals surface area contributed by atoms with Crippen LogP contribution in [0.2, 0.25) is 0 Å². The summed E-state index contributed by atoms with van der Waals surface area (Å²) in [4.78, 5) is 12.4. The second-order valence-corrected chi connectivity index (χ2v) is 6.19. The van der Waals surface area contributed by atoms with Gasteiger partial charge >= 0.3 is 0 Å². The highest BCUT2D eigenvalue weighted by Gasteiger charge is 2.18. The normalized spacial score (nSPS) is 12.1. The second kappa shape index (κ2) is 7.32. The molecule has 122 valence electrons. The molecule has 0 aliphatic rings. The van der Waals surface area contributed by atoms with E-state index in [1.165, 1.54) is 0 Å². The molecule has 0 heterocycles. The minimum atomic E-state index is -0.560. The molecule has 0 aliphatic carbocycles. The smallest absolute Gasteiger partial charge is 0.265 e. The molecule has 2 aromatic carbocycles. The Morgan fingerprint density at radius 1 is 1.00 bits per heavy atom. The van der Waals surface area contributed by atoms with Crippen LogP contribution in [0.25, 0.3) is 0 Å². The van der Waals surface area contributed by atoms with E-state index in [-0.39, 0.29) is 5.91 Å². The summed E-state index contributed by atoms with van der Waals surface area (Å²) in [7, 11) is 0. The van der Waals surface area contributed by atoms with Gasteiger partial charge in [-0.25, -0.2) is 0 Å². The lowest BCUT2D eigenvalue weighted by atomic mass is 10.0. The Labute approximate surface area is 138 Å². The van der Waals surface area contributed by atoms with E-state index in [0.29, 0.717) is 5.92 Å². The van der Waals surface area contributed by atoms with Crippen LogP contribution in [0.5, 0.6) is 5.75 Å². The number of carbonyl (C=O) groups is 1. The van der Waals surface area contributed by atoms with Crippen molar-refractivity contribution >= 4 is 11.6 Å². The van der Waals surface area contributed by atoms with Crippen molar-refractivity contribution in [1.82, 2.24) is 0 Å². The van der Waals surface area contributed by atoms with E-state index in [4.69, 9.17) is 4.74 Å². The average Bonchev–Trinajstić information content (AvgIpc) is 2.52. The predicted octanol–water partition coefficient (Wildman–Crippen LogP) is 4.83. The summed E-state index contributed by atoms with van der Waals surface area (Å²) in [6.45, 7) is 10.0. The van der Waals surface area contributed by atoms with Gasteiger partial charge in [0.25, 0.3) is 5.91 Å². The minimum absolute atomic E-state index is 0.141. The molecule has 0 bridgehead atoms. The minimum Gasteiger partial charge on any atom is -0.481 e. The molecule has 0 spiro atoms. The van der Waals surface area contributed by atoms with E-state index < -0.39 is 6.10 Å². The van der Waals surface area contributed by atoms with Gasteiger partial charge in [-0.3, -0.25) is 4.79 Å². The summed E-state index contributed by atoms with van der Waals surface area (Å²) in [5.41, 5.74) is 4.18.